The fourth-order valence-electron chi connectivity index (χ4n) is 2.89. The Hall–Kier alpha value is -2.64. The van der Waals surface area contributed by atoms with E-state index in [2.05, 4.69) is 97.9 Å². The molecule has 3 aromatic carbocycles. The lowest BCUT2D eigenvalue weighted by molar-refractivity contribution is 1.48. The van der Waals surface area contributed by atoms with Gasteiger partial charge in [-0.15, -0.1) is 11.3 Å². The molecule has 0 N–H and O–H groups in total. The molecule has 4 aromatic rings. The van der Waals surface area contributed by atoms with Gasteiger partial charge in [-0.1, -0.05) is 90.5 Å². The van der Waals surface area contributed by atoms with Crippen molar-refractivity contribution >= 4 is 11.3 Å². The molecule has 0 aliphatic rings. The lowest BCUT2D eigenvalue weighted by Crippen LogP contribution is -1.78. The van der Waals surface area contributed by atoms with Gasteiger partial charge in [0.25, 0.3) is 0 Å². The van der Waals surface area contributed by atoms with Crippen LogP contribution >= 0.6 is 11.3 Å². The molecule has 1 heteroatoms. The first-order chi connectivity index (χ1) is 11.8. The smallest absolute Gasteiger partial charge is 0.0427 e. The predicted molar refractivity (Wildman–Crippen MR) is 105 cm³/mol. The van der Waals surface area contributed by atoms with Crippen LogP contribution in [0.3, 0.4) is 0 Å². The van der Waals surface area contributed by atoms with Gasteiger partial charge < -0.3 is 0 Å². The van der Waals surface area contributed by atoms with Gasteiger partial charge in [0.2, 0.25) is 0 Å². The second-order valence-electron chi connectivity index (χ2n) is 5.95. The zero-order chi connectivity index (χ0) is 16.4. The van der Waals surface area contributed by atoms with Crippen molar-refractivity contribution < 1.29 is 0 Å². The Morgan fingerprint density at radius 3 is 1.79 bits per heavy atom. The lowest BCUT2D eigenvalue weighted by Gasteiger charge is -2.03. The van der Waals surface area contributed by atoms with Gasteiger partial charge in [-0.3, -0.25) is 0 Å². The van der Waals surface area contributed by atoms with Crippen molar-refractivity contribution in [2.24, 2.45) is 0 Å². The quantitative estimate of drug-likeness (QED) is 0.378. The third-order valence-corrected chi connectivity index (χ3v) is 5.42. The zero-order valence-electron chi connectivity index (χ0n) is 13.6. The van der Waals surface area contributed by atoms with Crippen molar-refractivity contribution in [1.82, 2.24) is 0 Å². The van der Waals surface area contributed by atoms with E-state index in [0.717, 1.165) is 0 Å². The van der Waals surface area contributed by atoms with E-state index in [1.54, 1.807) is 0 Å². The van der Waals surface area contributed by atoms with Crippen LogP contribution < -0.4 is 0 Å². The highest BCUT2D eigenvalue weighted by Crippen LogP contribution is 2.43. The Morgan fingerprint density at radius 1 is 0.583 bits per heavy atom. The third kappa shape index (κ3) is 2.91. The summed E-state index contributed by atoms with van der Waals surface area (Å²) in [4.78, 5) is 2.64. The van der Waals surface area contributed by atoms with Crippen molar-refractivity contribution in [3.05, 3.63) is 96.6 Å². The van der Waals surface area contributed by atoms with Gasteiger partial charge in [0.05, 0.1) is 0 Å². The van der Waals surface area contributed by atoms with Crippen molar-refractivity contribution in [2.45, 2.75) is 6.92 Å². The topological polar surface area (TPSA) is 0 Å². The molecule has 0 spiro atoms. The third-order valence-electron chi connectivity index (χ3n) is 4.19. The first kappa shape index (κ1) is 14.9. The van der Waals surface area contributed by atoms with Crippen LogP contribution in [0, 0.1) is 6.92 Å². The summed E-state index contributed by atoms with van der Waals surface area (Å²) in [6.07, 6.45) is 0. The maximum Gasteiger partial charge on any atom is 0.0427 e. The Morgan fingerprint density at radius 2 is 1.17 bits per heavy atom. The second-order valence-corrected chi connectivity index (χ2v) is 7.00. The molecular weight excluding hydrogens is 308 g/mol. The average Bonchev–Trinajstić information content (AvgIpc) is 3.09. The first-order valence-corrected chi connectivity index (χ1v) is 8.94. The lowest BCUT2D eigenvalue weighted by atomic mass is 10.0. The zero-order valence-corrected chi connectivity index (χ0v) is 14.4. The van der Waals surface area contributed by atoms with Gasteiger partial charge >= 0.3 is 0 Å². The predicted octanol–water partition coefficient (Wildman–Crippen LogP) is 7.06. The summed E-state index contributed by atoms with van der Waals surface area (Å²) in [7, 11) is 0. The normalized spacial score (nSPS) is 10.7. The van der Waals surface area contributed by atoms with E-state index in [1.807, 2.05) is 11.3 Å². The Kier molecular flexibility index (Phi) is 4.02. The van der Waals surface area contributed by atoms with Gasteiger partial charge in [-0.25, -0.2) is 0 Å². The molecule has 1 heterocycles. The number of aryl methyl sites for hydroxylation is 1. The molecule has 0 unspecified atom stereocenters. The summed E-state index contributed by atoms with van der Waals surface area (Å²) in [5.74, 6) is 0. The highest BCUT2D eigenvalue weighted by Gasteiger charge is 2.13. The van der Waals surface area contributed by atoms with Gasteiger partial charge in [0.1, 0.15) is 0 Å². The molecule has 0 radical (unpaired) electrons. The molecule has 24 heavy (non-hydrogen) atoms. The molecule has 1 aromatic heterocycles. The molecule has 0 amide bonds. The molecule has 4 rings (SSSR count). The highest BCUT2D eigenvalue weighted by atomic mass is 32.1. The van der Waals surface area contributed by atoms with E-state index in [-0.39, 0.29) is 0 Å². The monoisotopic (exact) mass is 326 g/mol. The van der Waals surface area contributed by atoms with Crippen molar-refractivity contribution in [3.63, 3.8) is 0 Å². The van der Waals surface area contributed by atoms with Gasteiger partial charge in [0, 0.05) is 15.3 Å². The molecule has 0 nitrogen and oxygen atoms in total. The SMILES string of the molecule is Cc1ccc(-c2cc(-c3ccccc3)c(-c3ccccc3)s2)cc1. The Balaban J connectivity index is 1.89. The molecule has 0 aliphatic carbocycles. The minimum absolute atomic E-state index is 1.27. The molecule has 0 fully saturated rings. The van der Waals surface area contributed by atoms with Crippen molar-refractivity contribution in [2.75, 3.05) is 0 Å². The summed E-state index contributed by atoms with van der Waals surface area (Å²) < 4.78 is 0. The van der Waals surface area contributed by atoms with Crippen LogP contribution in [0.1, 0.15) is 5.56 Å². The van der Waals surface area contributed by atoms with Crippen molar-refractivity contribution in [3.8, 4) is 32.0 Å². The van der Waals surface area contributed by atoms with Crippen LogP contribution in [0.2, 0.25) is 0 Å². The maximum absolute atomic E-state index is 2.33. The van der Waals surface area contributed by atoms with Crippen LogP contribution in [0.25, 0.3) is 32.0 Å². The van der Waals surface area contributed by atoms with E-state index in [1.165, 1.54) is 37.6 Å². The summed E-state index contributed by atoms with van der Waals surface area (Å²) in [5, 5.41) is 0. The molecule has 0 atom stereocenters. The van der Waals surface area contributed by atoms with E-state index in [4.69, 9.17) is 0 Å². The van der Waals surface area contributed by atoms with Crippen LogP contribution in [0.5, 0.6) is 0 Å². The highest BCUT2D eigenvalue weighted by molar-refractivity contribution is 7.19. The fraction of sp³-hybridized carbons (Fsp3) is 0.0435. The van der Waals surface area contributed by atoms with Crippen LogP contribution in [-0.4, -0.2) is 0 Å². The maximum atomic E-state index is 2.33. The number of hydrogen-bond acceptors (Lipinski definition) is 1. The summed E-state index contributed by atoms with van der Waals surface area (Å²) >= 11 is 1.87. The summed E-state index contributed by atoms with van der Waals surface area (Å²) in [6.45, 7) is 2.13. The van der Waals surface area contributed by atoms with E-state index in [9.17, 15) is 0 Å². The van der Waals surface area contributed by atoms with E-state index in [0.29, 0.717) is 0 Å². The second kappa shape index (κ2) is 6.46. The molecular formula is C23H18S. The minimum atomic E-state index is 1.27. The van der Waals surface area contributed by atoms with E-state index >= 15 is 0 Å². The van der Waals surface area contributed by atoms with Gasteiger partial charge in [-0.2, -0.15) is 0 Å². The van der Waals surface area contributed by atoms with Gasteiger partial charge in [-0.05, 0) is 29.7 Å². The molecule has 0 saturated carbocycles. The summed E-state index contributed by atoms with van der Waals surface area (Å²) in [5.41, 5.74) is 6.43. The average molecular weight is 326 g/mol. The van der Waals surface area contributed by atoms with E-state index < -0.39 is 0 Å². The molecule has 0 saturated heterocycles. The Labute approximate surface area is 147 Å². The number of rotatable bonds is 3. The minimum Gasteiger partial charge on any atom is -0.135 e. The molecule has 0 bridgehead atoms. The van der Waals surface area contributed by atoms with Crippen LogP contribution in [0.15, 0.2) is 91.0 Å². The van der Waals surface area contributed by atoms with Crippen LogP contribution in [-0.2, 0) is 0 Å². The number of benzene rings is 3. The standard InChI is InChI=1S/C23H18S/c1-17-12-14-19(15-13-17)22-16-21(18-8-4-2-5-9-18)23(24-22)20-10-6-3-7-11-20/h2-16H,1H3. The molecule has 116 valence electrons. The number of thiophene rings is 1. The van der Waals surface area contributed by atoms with Crippen LogP contribution in [0.4, 0.5) is 0 Å². The fourth-order valence-corrected chi connectivity index (χ4v) is 4.08. The first-order valence-electron chi connectivity index (χ1n) is 8.13. The summed E-state index contributed by atoms with van der Waals surface area (Å²) in [6, 6.07) is 32.4. The number of hydrogen-bond donors (Lipinski definition) is 0. The Bertz CT molecular complexity index is 876. The van der Waals surface area contributed by atoms with Gasteiger partial charge in [0.15, 0.2) is 0 Å². The largest absolute Gasteiger partial charge is 0.135 e. The van der Waals surface area contributed by atoms with Crippen molar-refractivity contribution in [1.29, 1.82) is 0 Å². The molecule has 0 aliphatic heterocycles.